The molecule has 2 aromatic carbocycles. The van der Waals surface area contributed by atoms with Crippen LogP contribution in [0.15, 0.2) is 54.9 Å². The highest BCUT2D eigenvalue weighted by molar-refractivity contribution is 6.04. The standard InChI is InChI=1S/C20H21FN4O/c1-2-25(16-7-4-3-5-8-16)12-6-9-24-20(26)17-13-15(21)14-18-19(17)23-11-10-22-18/h3-5,7-8,10-11,13-14H,2,6,9,12H2,1H3,(H,24,26). The largest absolute Gasteiger partial charge is 0.372 e. The molecule has 1 heterocycles. The highest BCUT2D eigenvalue weighted by Crippen LogP contribution is 2.16. The fourth-order valence-corrected chi connectivity index (χ4v) is 2.89. The molecule has 5 nitrogen and oxygen atoms in total. The van der Waals surface area contributed by atoms with Gasteiger partial charge in [-0.05, 0) is 31.5 Å². The second-order valence-corrected chi connectivity index (χ2v) is 5.90. The molecule has 1 amide bonds. The van der Waals surface area contributed by atoms with Crippen LogP contribution in [0, 0.1) is 5.82 Å². The van der Waals surface area contributed by atoms with E-state index in [4.69, 9.17) is 0 Å². The van der Waals surface area contributed by atoms with Gasteiger partial charge in [0.2, 0.25) is 0 Å². The Hall–Kier alpha value is -3.02. The molecule has 134 valence electrons. The summed E-state index contributed by atoms with van der Waals surface area (Å²) in [7, 11) is 0. The Balaban J connectivity index is 1.60. The van der Waals surface area contributed by atoms with Crippen LogP contribution in [0.5, 0.6) is 0 Å². The van der Waals surface area contributed by atoms with Crippen molar-refractivity contribution < 1.29 is 9.18 Å². The Bertz CT molecular complexity index is 885. The molecule has 0 aliphatic carbocycles. The van der Waals surface area contributed by atoms with Crippen LogP contribution in [0.3, 0.4) is 0 Å². The van der Waals surface area contributed by atoms with Crippen LogP contribution < -0.4 is 10.2 Å². The first-order valence-electron chi connectivity index (χ1n) is 8.67. The second kappa shape index (κ2) is 8.38. The zero-order valence-electron chi connectivity index (χ0n) is 14.7. The average Bonchev–Trinajstić information content (AvgIpc) is 2.68. The number of benzene rings is 2. The van der Waals surface area contributed by atoms with Crippen molar-refractivity contribution in [1.29, 1.82) is 0 Å². The molecule has 1 N–H and O–H groups in total. The number of para-hydroxylation sites is 1. The van der Waals surface area contributed by atoms with Crippen LogP contribution in [0.4, 0.5) is 10.1 Å². The molecule has 26 heavy (non-hydrogen) atoms. The van der Waals surface area contributed by atoms with Crippen molar-refractivity contribution in [3.05, 3.63) is 66.2 Å². The van der Waals surface area contributed by atoms with Gasteiger partial charge in [0.25, 0.3) is 5.91 Å². The van der Waals surface area contributed by atoms with Crippen LogP contribution in [0.2, 0.25) is 0 Å². The maximum absolute atomic E-state index is 13.7. The number of anilines is 1. The van der Waals surface area contributed by atoms with E-state index in [1.165, 1.54) is 24.5 Å². The molecule has 3 aromatic rings. The van der Waals surface area contributed by atoms with Crippen molar-refractivity contribution in [3.63, 3.8) is 0 Å². The summed E-state index contributed by atoms with van der Waals surface area (Å²) < 4.78 is 13.7. The smallest absolute Gasteiger partial charge is 0.253 e. The van der Waals surface area contributed by atoms with Gasteiger partial charge in [0.1, 0.15) is 11.3 Å². The number of hydrogen-bond acceptors (Lipinski definition) is 4. The summed E-state index contributed by atoms with van der Waals surface area (Å²) in [4.78, 5) is 22.9. The van der Waals surface area contributed by atoms with Crippen LogP contribution in [-0.4, -0.2) is 35.5 Å². The minimum absolute atomic E-state index is 0.212. The van der Waals surface area contributed by atoms with E-state index >= 15 is 0 Å². The molecular formula is C20H21FN4O. The van der Waals surface area contributed by atoms with Crippen molar-refractivity contribution in [1.82, 2.24) is 15.3 Å². The fraction of sp³-hybridized carbons (Fsp3) is 0.250. The van der Waals surface area contributed by atoms with Gasteiger partial charge in [-0.1, -0.05) is 18.2 Å². The molecule has 0 aliphatic rings. The molecule has 0 unspecified atom stereocenters. The zero-order chi connectivity index (χ0) is 18.4. The predicted octanol–water partition coefficient (Wildman–Crippen LogP) is 3.42. The molecule has 0 bridgehead atoms. The molecular weight excluding hydrogens is 331 g/mol. The third-order valence-corrected chi connectivity index (χ3v) is 4.18. The number of hydrogen-bond donors (Lipinski definition) is 1. The summed E-state index contributed by atoms with van der Waals surface area (Å²) in [5, 5.41) is 2.85. The van der Waals surface area contributed by atoms with E-state index in [-0.39, 0.29) is 11.5 Å². The van der Waals surface area contributed by atoms with Crippen molar-refractivity contribution >= 4 is 22.6 Å². The SMILES string of the molecule is CCN(CCCNC(=O)c1cc(F)cc2nccnc12)c1ccccc1. The second-order valence-electron chi connectivity index (χ2n) is 5.90. The molecule has 0 aliphatic heterocycles. The van der Waals surface area contributed by atoms with E-state index in [1.54, 1.807) is 0 Å². The van der Waals surface area contributed by atoms with Crippen molar-refractivity contribution in [2.75, 3.05) is 24.5 Å². The van der Waals surface area contributed by atoms with Gasteiger partial charge in [-0.15, -0.1) is 0 Å². The predicted molar refractivity (Wildman–Crippen MR) is 101 cm³/mol. The number of nitrogens with zero attached hydrogens (tertiary/aromatic N) is 3. The number of nitrogens with one attached hydrogen (secondary N) is 1. The third-order valence-electron chi connectivity index (χ3n) is 4.18. The summed E-state index contributed by atoms with van der Waals surface area (Å²) >= 11 is 0. The van der Waals surface area contributed by atoms with Crippen molar-refractivity contribution in [2.45, 2.75) is 13.3 Å². The zero-order valence-corrected chi connectivity index (χ0v) is 14.7. The molecule has 3 rings (SSSR count). The van der Waals surface area contributed by atoms with Crippen LogP contribution in [0.25, 0.3) is 11.0 Å². The van der Waals surface area contributed by atoms with Crippen LogP contribution >= 0.6 is 0 Å². The molecule has 0 atom stereocenters. The van der Waals surface area contributed by atoms with E-state index in [1.807, 2.05) is 18.2 Å². The summed E-state index contributed by atoms with van der Waals surface area (Å²) in [5.74, 6) is -0.831. The van der Waals surface area contributed by atoms with Crippen molar-refractivity contribution in [3.8, 4) is 0 Å². The third kappa shape index (κ3) is 4.14. The maximum atomic E-state index is 13.7. The van der Waals surface area contributed by atoms with Gasteiger partial charge < -0.3 is 10.2 Å². The molecule has 0 saturated carbocycles. The molecule has 0 fully saturated rings. The van der Waals surface area contributed by atoms with Crippen molar-refractivity contribution in [2.24, 2.45) is 0 Å². The van der Waals surface area contributed by atoms with Gasteiger partial charge in [0, 0.05) is 43.8 Å². The minimum atomic E-state index is -0.496. The number of carbonyl (C=O) groups excluding carboxylic acids is 1. The Morgan fingerprint density at radius 2 is 1.92 bits per heavy atom. The van der Waals surface area contributed by atoms with Gasteiger partial charge in [-0.3, -0.25) is 14.8 Å². The highest BCUT2D eigenvalue weighted by Gasteiger charge is 2.13. The first kappa shape index (κ1) is 17.8. The number of amides is 1. The lowest BCUT2D eigenvalue weighted by atomic mass is 10.1. The summed E-state index contributed by atoms with van der Waals surface area (Å²) in [5.41, 5.74) is 2.15. The summed E-state index contributed by atoms with van der Waals surface area (Å²) in [6.07, 6.45) is 3.76. The quantitative estimate of drug-likeness (QED) is 0.662. The van der Waals surface area contributed by atoms with Gasteiger partial charge in [-0.25, -0.2) is 4.39 Å². The lowest BCUT2D eigenvalue weighted by Gasteiger charge is -2.23. The first-order chi connectivity index (χ1) is 12.7. The highest BCUT2D eigenvalue weighted by atomic mass is 19.1. The molecule has 1 aromatic heterocycles. The van der Waals surface area contributed by atoms with Gasteiger partial charge in [0.15, 0.2) is 0 Å². The summed E-state index contributed by atoms with van der Waals surface area (Å²) in [6, 6.07) is 12.6. The van der Waals surface area contributed by atoms with Gasteiger partial charge >= 0.3 is 0 Å². The molecule has 0 saturated heterocycles. The number of rotatable bonds is 7. The number of carbonyl (C=O) groups is 1. The van der Waals surface area contributed by atoms with Gasteiger partial charge in [0.05, 0.1) is 11.1 Å². The molecule has 0 radical (unpaired) electrons. The maximum Gasteiger partial charge on any atom is 0.253 e. The van der Waals surface area contributed by atoms with E-state index in [0.29, 0.717) is 17.6 Å². The normalized spacial score (nSPS) is 10.7. The Morgan fingerprint density at radius 3 is 2.69 bits per heavy atom. The van der Waals surface area contributed by atoms with Crippen LogP contribution in [0.1, 0.15) is 23.7 Å². The topological polar surface area (TPSA) is 58.1 Å². The van der Waals surface area contributed by atoms with Crippen LogP contribution in [-0.2, 0) is 0 Å². The fourth-order valence-electron chi connectivity index (χ4n) is 2.89. The Kier molecular flexibility index (Phi) is 5.73. The van der Waals surface area contributed by atoms with E-state index in [9.17, 15) is 9.18 Å². The van der Waals surface area contributed by atoms with Gasteiger partial charge in [-0.2, -0.15) is 0 Å². The summed E-state index contributed by atoms with van der Waals surface area (Å²) in [6.45, 7) is 4.32. The van der Waals surface area contributed by atoms with E-state index in [2.05, 4.69) is 39.2 Å². The number of aromatic nitrogens is 2. The average molecular weight is 352 g/mol. The Morgan fingerprint density at radius 1 is 1.15 bits per heavy atom. The monoisotopic (exact) mass is 352 g/mol. The molecule has 6 heteroatoms. The van der Waals surface area contributed by atoms with E-state index in [0.717, 1.165) is 25.2 Å². The minimum Gasteiger partial charge on any atom is -0.372 e. The number of fused-ring (bicyclic) bond motifs is 1. The molecule has 0 spiro atoms. The Labute approximate surface area is 151 Å². The lowest BCUT2D eigenvalue weighted by Crippen LogP contribution is -2.30. The first-order valence-corrected chi connectivity index (χ1v) is 8.67. The lowest BCUT2D eigenvalue weighted by molar-refractivity contribution is 0.0954. The number of halogens is 1. The van der Waals surface area contributed by atoms with E-state index < -0.39 is 5.82 Å².